The van der Waals surface area contributed by atoms with Crippen LogP contribution >= 0.6 is 27.3 Å². The number of hydrogen-bond acceptors (Lipinski definition) is 3. The van der Waals surface area contributed by atoms with Crippen LogP contribution in [0.4, 0.5) is 0 Å². The van der Waals surface area contributed by atoms with Crippen LogP contribution in [0.1, 0.15) is 18.5 Å². The van der Waals surface area contributed by atoms with E-state index in [0.29, 0.717) is 0 Å². The normalized spacial score (nSPS) is 16.5. The van der Waals surface area contributed by atoms with Gasteiger partial charge in [0.05, 0.1) is 11.8 Å². The molecule has 0 spiro atoms. The zero-order chi connectivity index (χ0) is 11.9. The Morgan fingerprint density at radius 3 is 2.88 bits per heavy atom. The van der Waals surface area contributed by atoms with Gasteiger partial charge in [-0.2, -0.15) is 5.26 Å². The minimum absolute atomic E-state index is 0.277. The van der Waals surface area contributed by atoms with Crippen molar-refractivity contribution in [2.75, 3.05) is 0 Å². The van der Waals surface area contributed by atoms with Gasteiger partial charge in [-0.25, -0.2) is 4.98 Å². The number of nitriles is 1. The van der Waals surface area contributed by atoms with Gasteiger partial charge >= 0.3 is 0 Å². The van der Waals surface area contributed by atoms with Gasteiger partial charge in [0.1, 0.15) is 10.4 Å². The third-order valence-corrected chi connectivity index (χ3v) is 4.41. The van der Waals surface area contributed by atoms with Crippen molar-refractivity contribution >= 4 is 27.3 Å². The van der Waals surface area contributed by atoms with Crippen LogP contribution < -0.4 is 0 Å². The predicted octanol–water partition coefficient (Wildman–Crippen LogP) is 4.13. The summed E-state index contributed by atoms with van der Waals surface area (Å²) in [5.74, 6) is 0. The van der Waals surface area contributed by atoms with Crippen molar-refractivity contribution in [3.8, 4) is 16.6 Å². The highest BCUT2D eigenvalue weighted by Gasteiger charge is 2.46. The summed E-state index contributed by atoms with van der Waals surface area (Å²) in [4.78, 5) is 4.60. The van der Waals surface area contributed by atoms with Gasteiger partial charge in [-0.3, -0.25) is 0 Å². The SMILES string of the molecule is N#CC1(c2csc(-c3cccc(Br)c3)n2)CC1. The second-order valence-electron chi connectivity index (χ2n) is 4.24. The Kier molecular flexibility index (Phi) is 2.53. The lowest BCUT2D eigenvalue weighted by atomic mass is 10.1. The Morgan fingerprint density at radius 1 is 1.41 bits per heavy atom. The maximum atomic E-state index is 9.14. The number of hydrogen-bond donors (Lipinski definition) is 0. The molecule has 1 aliphatic rings. The molecule has 3 rings (SSSR count). The number of thiazole rings is 1. The summed E-state index contributed by atoms with van der Waals surface area (Å²) in [6, 6.07) is 10.5. The molecule has 1 heterocycles. The third kappa shape index (κ3) is 1.90. The van der Waals surface area contributed by atoms with E-state index in [1.54, 1.807) is 11.3 Å². The van der Waals surface area contributed by atoms with Crippen molar-refractivity contribution in [3.05, 3.63) is 39.8 Å². The highest BCUT2D eigenvalue weighted by Crippen LogP contribution is 2.48. The first-order chi connectivity index (χ1) is 8.23. The van der Waals surface area contributed by atoms with Crippen molar-refractivity contribution in [1.82, 2.24) is 4.98 Å². The van der Waals surface area contributed by atoms with E-state index in [4.69, 9.17) is 5.26 Å². The van der Waals surface area contributed by atoms with E-state index in [1.165, 1.54) is 0 Å². The molecule has 0 unspecified atom stereocenters. The molecule has 0 atom stereocenters. The maximum absolute atomic E-state index is 9.14. The Hall–Kier alpha value is -1.18. The van der Waals surface area contributed by atoms with Gasteiger partial charge in [0.15, 0.2) is 0 Å². The summed E-state index contributed by atoms with van der Waals surface area (Å²) < 4.78 is 1.05. The quantitative estimate of drug-likeness (QED) is 0.836. The molecule has 0 radical (unpaired) electrons. The lowest BCUT2D eigenvalue weighted by molar-refractivity contribution is 0.868. The summed E-state index contributed by atoms with van der Waals surface area (Å²) in [5, 5.41) is 12.2. The van der Waals surface area contributed by atoms with Crippen LogP contribution in [-0.4, -0.2) is 4.98 Å². The average Bonchev–Trinajstić information content (AvgIpc) is 2.99. The fourth-order valence-electron chi connectivity index (χ4n) is 1.80. The Labute approximate surface area is 112 Å². The van der Waals surface area contributed by atoms with Crippen LogP contribution in [0.2, 0.25) is 0 Å². The lowest BCUT2D eigenvalue weighted by Crippen LogP contribution is -2.02. The topological polar surface area (TPSA) is 36.7 Å². The first-order valence-corrected chi connectivity index (χ1v) is 7.04. The molecule has 4 heteroatoms. The van der Waals surface area contributed by atoms with Gasteiger partial charge < -0.3 is 0 Å². The van der Waals surface area contributed by atoms with Crippen molar-refractivity contribution in [1.29, 1.82) is 5.26 Å². The molecule has 0 aliphatic heterocycles. The van der Waals surface area contributed by atoms with Crippen molar-refractivity contribution < 1.29 is 0 Å². The van der Waals surface area contributed by atoms with Gasteiger partial charge in [-0.1, -0.05) is 28.1 Å². The zero-order valence-electron chi connectivity index (χ0n) is 8.98. The smallest absolute Gasteiger partial charge is 0.123 e. The molecular weight excluding hydrogens is 296 g/mol. The number of rotatable bonds is 2. The molecule has 1 aromatic carbocycles. The summed E-state index contributed by atoms with van der Waals surface area (Å²) in [7, 11) is 0. The summed E-state index contributed by atoms with van der Waals surface area (Å²) in [6.07, 6.45) is 1.90. The molecule has 2 nitrogen and oxygen atoms in total. The largest absolute Gasteiger partial charge is 0.239 e. The minimum Gasteiger partial charge on any atom is -0.239 e. The van der Waals surface area contributed by atoms with Gasteiger partial charge in [0.2, 0.25) is 0 Å². The number of halogens is 1. The number of benzene rings is 1. The summed E-state index contributed by atoms with van der Waals surface area (Å²) in [6.45, 7) is 0. The molecule has 1 saturated carbocycles. The fourth-order valence-corrected chi connectivity index (χ4v) is 3.11. The van der Waals surface area contributed by atoms with E-state index >= 15 is 0 Å². The van der Waals surface area contributed by atoms with Crippen LogP contribution in [0.3, 0.4) is 0 Å². The number of aromatic nitrogens is 1. The number of nitrogens with zero attached hydrogens (tertiary/aromatic N) is 2. The first kappa shape index (κ1) is 10.9. The van der Waals surface area contributed by atoms with Gasteiger partial charge in [0.25, 0.3) is 0 Å². The summed E-state index contributed by atoms with van der Waals surface area (Å²) in [5.41, 5.74) is 1.77. The van der Waals surface area contributed by atoms with Gasteiger partial charge in [-0.05, 0) is 25.0 Å². The van der Waals surface area contributed by atoms with E-state index in [2.05, 4.69) is 33.0 Å². The van der Waals surface area contributed by atoms with Crippen LogP contribution in [0.25, 0.3) is 10.6 Å². The third-order valence-electron chi connectivity index (χ3n) is 3.03. The van der Waals surface area contributed by atoms with E-state index in [1.807, 2.05) is 23.6 Å². The Bertz CT molecular complexity index is 608. The second kappa shape index (κ2) is 3.94. The molecule has 2 aromatic rings. The molecule has 1 aliphatic carbocycles. The minimum atomic E-state index is -0.277. The highest BCUT2D eigenvalue weighted by atomic mass is 79.9. The predicted molar refractivity (Wildman–Crippen MR) is 71.8 cm³/mol. The Balaban J connectivity index is 1.99. The molecular formula is C13H9BrN2S. The highest BCUT2D eigenvalue weighted by molar-refractivity contribution is 9.10. The van der Waals surface area contributed by atoms with Crippen molar-refractivity contribution in [2.45, 2.75) is 18.3 Å². The van der Waals surface area contributed by atoms with Crippen LogP contribution in [-0.2, 0) is 5.41 Å². The molecule has 0 bridgehead atoms. The van der Waals surface area contributed by atoms with Crippen LogP contribution in [0.5, 0.6) is 0 Å². The van der Waals surface area contributed by atoms with Crippen LogP contribution in [0, 0.1) is 11.3 Å². The van der Waals surface area contributed by atoms with E-state index in [0.717, 1.165) is 33.6 Å². The fraction of sp³-hybridized carbons (Fsp3) is 0.231. The molecule has 17 heavy (non-hydrogen) atoms. The molecule has 1 fully saturated rings. The van der Waals surface area contributed by atoms with E-state index < -0.39 is 0 Å². The van der Waals surface area contributed by atoms with Crippen molar-refractivity contribution in [3.63, 3.8) is 0 Å². The summed E-state index contributed by atoms with van der Waals surface area (Å²) >= 11 is 5.07. The van der Waals surface area contributed by atoms with E-state index in [-0.39, 0.29) is 5.41 Å². The van der Waals surface area contributed by atoms with Crippen molar-refractivity contribution in [2.24, 2.45) is 0 Å². The zero-order valence-corrected chi connectivity index (χ0v) is 11.4. The first-order valence-electron chi connectivity index (χ1n) is 5.37. The van der Waals surface area contributed by atoms with E-state index in [9.17, 15) is 0 Å². The standard InChI is InChI=1S/C13H9BrN2S/c14-10-3-1-2-9(6-10)12-16-11(7-17-12)13(8-15)4-5-13/h1-3,6-7H,4-5H2. The molecule has 1 aromatic heterocycles. The Morgan fingerprint density at radius 2 is 2.24 bits per heavy atom. The molecule has 0 amide bonds. The molecule has 0 N–H and O–H groups in total. The second-order valence-corrected chi connectivity index (χ2v) is 6.02. The maximum Gasteiger partial charge on any atom is 0.123 e. The van der Waals surface area contributed by atoms with Crippen LogP contribution in [0.15, 0.2) is 34.1 Å². The average molecular weight is 305 g/mol. The monoisotopic (exact) mass is 304 g/mol. The lowest BCUT2D eigenvalue weighted by Gasteiger charge is -1.99. The van der Waals surface area contributed by atoms with Gasteiger partial charge in [-0.15, -0.1) is 11.3 Å². The molecule has 0 saturated heterocycles. The van der Waals surface area contributed by atoms with Gasteiger partial charge in [0, 0.05) is 15.4 Å². The molecule has 84 valence electrons.